The van der Waals surface area contributed by atoms with Crippen molar-refractivity contribution >= 4 is 33.5 Å². The van der Waals surface area contributed by atoms with E-state index in [1.54, 1.807) is 0 Å². The SMILES string of the molecule is Cc1nsc(N)c1-c1nc2ncnc(N)c2[nH]1. The summed E-state index contributed by atoms with van der Waals surface area (Å²) in [6.07, 6.45) is 1.38. The number of nitrogen functional groups attached to an aromatic ring is 2. The van der Waals surface area contributed by atoms with Crippen molar-refractivity contribution in [3.8, 4) is 11.4 Å². The molecule has 3 heterocycles. The van der Waals surface area contributed by atoms with E-state index in [1.165, 1.54) is 17.9 Å². The van der Waals surface area contributed by atoms with Crippen LogP contribution in [0.25, 0.3) is 22.6 Å². The summed E-state index contributed by atoms with van der Waals surface area (Å²) in [4.78, 5) is 15.3. The number of aromatic nitrogens is 5. The number of fused-ring (bicyclic) bond motifs is 1. The number of aryl methyl sites for hydroxylation is 1. The first-order chi connectivity index (χ1) is 8.16. The molecule has 17 heavy (non-hydrogen) atoms. The fourth-order valence-electron chi connectivity index (χ4n) is 1.64. The Kier molecular flexibility index (Phi) is 1.99. The Labute approximate surface area is 100 Å². The number of anilines is 2. The predicted molar refractivity (Wildman–Crippen MR) is 66.4 cm³/mol. The van der Waals surface area contributed by atoms with Gasteiger partial charge in [0.2, 0.25) is 0 Å². The zero-order valence-electron chi connectivity index (χ0n) is 8.93. The molecule has 0 saturated heterocycles. The Balaban J connectivity index is 2.29. The molecule has 0 spiro atoms. The second-order valence-electron chi connectivity index (χ2n) is 3.55. The van der Waals surface area contributed by atoms with E-state index in [9.17, 15) is 0 Å². The van der Waals surface area contributed by atoms with Gasteiger partial charge in [0.05, 0.1) is 11.3 Å². The molecule has 0 atom stereocenters. The lowest BCUT2D eigenvalue weighted by atomic mass is 10.2. The fraction of sp³-hybridized carbons (Fsp3) is 0.111. The van der Waals surface area contributed by atoms with Gasteiger partial charge in [-0.1, -0.05) is 0 Å². The Hall–Kier alpha value is -2.22. The molecule has 3 rings (SSSR count). The number of imidazole rings is 1. The molecule has 0 fully saturated rings. The first-order valence-electron chi connectivity index (χ1n) is 4.85. The molecule has 5 N–H and O–H groups in total. The average Bonchev–Trinajstić information content (AvgIpc) is 2.84. The van der Waals surface area contributed by atoms with E-state index in [1.807, 2.05) is 6.92 Å². The van der Waals surface area contributed by atoms with Gasteiger partial charge in [-0.25, -0.2) is 15.0 Å². The number of rotatable bonds is 1. The average molecular weight is 247 g/mol. The van der Waals surface area contributed by atoms with Gasteiger partial charge in [-0.2, -0.15) is 4.37 Å². The predicted octanol–water partition coefficient (Wildman–Crippen LogP) is 0.949. The van der Waals surface area contributed by atoms with Crippen LogP contribution in [0.3, 0.4) is 0 Å². The molecule has 3 aromatic heterocycles. The lowest BCUT2D eigenvalue weighted by molar-refractivity contribution is 1.21. The molecule has 0 aromatic carbocycles. The van der Waals surface area contributed by atoms with E-state index in [0.717, 1.165) is 11.3 Å². The van der Waals surface area contributed by atoms with Crippen LogP contribution in [-0.2, 0) is 0 Å². The highest BCUT2D eigenvalue weighted by Crippen LogP contribution is 2.31. The summed E-state index contributed by atoms with van der Waals surface area (Å²) >= 11 is 1.24. The maximum absolute atomic E-state index is 5.86. The van der Waals surface area contributed by atoms with Crippen molar-refractivity contribution < 1.29 is 0 Å². The lowest BCUT2D eigenvalue weighted by Crippen LogP contribution is -1.91. The van der Waals surface area contributed by atoms with Crippen molar-refractivity contribution in [2.24, 2.45) is 0 Å². The first-order valence-corrected chi connectivity index (χ1v) is 5.62. The van der Waals surface area contributed by atoms with Crippen molar-refractivity contribution in [1.29, 1.82) is 0 Å². The molecule has 0 unspecified atom stereocenters. The summed E-state index contributed by atoms with van der Waals surface area (Å²) in [6.45, 7) is 1.88. The number of aromatic amines is 1. The van der Waals surface area contributed by atoms with Crippen LogP contribution in [0.15, 0.2) is 6.33 Å². The molecular weight excluding hydrogens is 238 g/mol. The number of nitrogens with two attached hydrogens (primary N) is 2. The van der Waals surface area contributed by atoms with Gasteiger partial charge in [0.1, 0.15) is 22.7 Å². The van der Waals surface area contributed by atoms with Crippen molar-refractivity contribution in [3.05, 3.63) is 12.0 Å². The monoisotopic (exact) mass is 247 g/mol. The van der Waals surface area contributed by atoms with Gasteiger partial charge in [0, 0.05) is 0 Å². The number of nitrogens with one attached hydrogen (secondary N) is 1. The highest BCUT2D eigenvalue weighted by molar-refractivity contribution is 7.10. The molecule has 86 valence electrons. The minimum absolute atomic E-state index is 0.369. The summed E-state index contributed by atoms with van der Waals surface area (Å²) in [5, 5.41) is 0.619. The third kappa shape index (κ3) is 1.41. The zero-order chi connectivity index (χ0) is 12.0. The van der Waals surface area contributed by atoms with Crippen LogP contribution in [0.1, 0.15) is 5.69 Å². The van der Waals surface area contributed by atoms with Gasteiger partial charge in [-0.3, -0.25) is 0 Å². The van der Waals surface area contributed by atoms with Crippen molar-refractivity contribution in [3.63, 3.8) is 0 Å². The van der Waals surface area contributed by atoms with Gasteiger partial charge in [-0.15, -0.1) is 0 Å². The minimum Gasteiger partial charge on any atom is -0.389 e. The molecule has 0 aliphatic rings. The van der Waals surface area contributed by atoms with E-state index in [2.05, 4.69) is 24.3 Å². The molecule has 0 saturated carbocycles. The lowest BCUT2D eigenvalue weighted by Gasteiger charge is -1.94. The van der Waals surface area contributed by atoms with Crippen LogP contribution in [-0.4, -0.2) is 24.3 Å². The molecule has 3 aromatic rings. The topological polar surface area (TPSA) is 119 Å². The molecular formula is C9H9N7S. The summed E-state index contributed by atoms with van der Waals surface area (Å²) < 4.78 is 4.17. The summed E-state index contributed by atoms with van der Waals surface area (Å²) in [5.74, 6) is 0.990. The largest absolute Gasteiger partial charge is 0.389 e. The van der Waals surface area contributed by atoms with Crippen LogP contribution in [0, 0.1) is 6.92 Å². The molecule has 0 radical (unpaired) electrons. The first kappa shape index (κ1) is 9.97. The number of hydrogen-bond acceptors (Lipinski definition) is 7. The fourth-order valence-corrected chi connectivity index (χ4v) is 2.30. The highest BCUT2D eigenvalue weighted by atomic mass is 32.1. The molecule has 0 amide bonds. The van der Waals surface area contributed by atoms with E-state index in [4.69, 9.17) is 11.5 Å². The Morgan fingerprint density at radius 1 is 1.29 bits per heavy atom. The van der Waals surface area contributed by atoms with Crippen LogP contribution in [0.4, 0.5) is 10.8 Å². The number of H-pyrrole nitrogens is 1. The minimum atomic E-state index is 0.369. The quantitative estimate of drug-likeness (QED) is 0.589. The highest BCUT2D eigenvalue weighted by Gasteiger charge is 2.15. The third-order valence-corrected chi connectivity index (χ3v) is 3.21. The Bertz CT molecular complexity index is 679. The summed E-state index contributed by atoms with van der Waals surface area (Å²) in [5.41, 5.74) is 14.4. The normalized spacial score (nSPS) is 11.1. The number of nitrogens with zero attached hydrogens (tertiary/aromatic N) is 4. The number of hydrogen-bond donors (Lipinski definition) is 3. The van der Waals surface area contributed by atoms with E-state index in [-0.39, 0.29) is 0 Å². The smallest absolute Gasteiger partial charge is 0.183 e. The Morgan fingerprint density at radius 3 is 2.76 bits per heavy atom. The third-order valence-electron chi connectivity index (χ3n) is 2.44. The van der Waals surface area contributed by atoms with Crippen LogP contribution in [0.5, 0.6) is 0 Å². The van der Waals surface area contributed by atoms with Crippen LogP contribution < -0.4 is 11.5 Å². The van der Waals surface area contributed by atoms with Gasteiger partial charge in [0.25, 0.3) is 0 Å². The molecule has 0 aliphatic heterocycles. The summed E-state index contributed by atoms with van der Waals surface area (Å²) in [7, 11) is 0. The van der Waals surface area contributed by atoms with E-state index >= 15 is 0 Å². The maximum Gasteiger partial charge on any atom is 0.183 e. The van der Waals surface area contributed by atoms with Crippen molar-refractivity contribution in [2.75, 3.05) is 11.5 Å². The standard InChI is InChI=1S/C9H9N7S/c1-3-4(7(11)17-16-3)8-14-5-6(10)12-2-13-9(5)15-8/h2H,11H2,1H3,(H3,10,12,13,14,15). The van der Waals surface area contributed by atoms with Crippen molar-refractivity contribution in [2.45, 2.75) is 6.92 Å². The van der Waals surface area contributed by atoms with Crippen LogP contribution >= 0.6 is 11.5 Å². The Morgan fingerprint density at radius 2 is 2.12 bits per heavy atom. The molecule has 0 bridgehead atoms. The maximum atomic E-state index is 5.86. The van der Waals surface area contributed by atoms with Crippen molar-refractivity contribution in [1.82, 2.24) is 24.3 Å². The molecule has 0 aliphatic carbocycles. The van der Waals surface area contributed by atoms with Gasteiger partial charge in [0.15, 0.2) is 11.5 Å². The van der Waals surface area contributed by atoms with Crippen LogP contribution in [0.2, 0.25) is 0 Å². The summed E-state index contributed by atoms with van der Waals surface area (Å²) in [6, 6.07) is 0. The second kappa shape index (κ2) is 3.39. The second-order valence-corrected chi connectivity index (χ2v) is 4.36. The van der Waals surface area contributed by atoms with Gasteiger partial charge in [-0.05, 0) is 18.5 Å². The van der Waals surface area contributed by atoms with Gasteiger partial charge >= 0.3 is 0 Å². The molecule has 7 nitrogen and oxygen atoms in total. The van der Waals surface area contributed by atoms with E-state index in [0.29, 0.717) is 27.8 Å². The van der Waals surface area contributed by atoms with Gasteiger partial charge < -0.3 is 16.5 Å². The van der Waals surface area contributed by atoms with E-state index < -0.39 is 0 Å². The zero-order valence-corrected chi connectivity index (χ0v) is 9.75. The molecule has 8 heteroatoms.